The SMILES string of the molecule is CC(C)Oc1cc2c(cc1Nc1ncc(Cl)c(Nc3ccccc3S(=O)(=O)C(C)C)n1)C(=O)N([C@@H]1CC3CCCC[C@@H]1N3C)C2.CNC(=O)c1cc(Nc2ncc(Cl)c(Nc3ccccc3S(=O)(=O)C(C)C)n2)c2cc(C)ccc2n1.Cc1ccc2nc(C(N)=O)cc(Nc3ncc(Cl)c(Nc4ccccc4S(=O)(=O)C(C)C)n3)c2c1. The molecule has 11 aromatic rings. The van der Waals surface area contributed by atoms with Crippen LogP contribution in [0.1, 0.15) is 136 Å². The van der Waals surface area contributed by atoms with Gasteiger partial charge in [0.05, 0.1) is 100 Å². The normalized spacial score (nSPS) is 15.5. The van der Waals surface area contributed by atoms with E-state index in [0.717, 1.165) is 40.3 Å². The molecule has 14 rings (SSSR count). The van der Waals surface area contributed by atoms with E-state index in [1.807, 2.05) is 70.2 Å². The number of nitrogens with two attached hydrogens (primary N) is 1. The summed E-state index contributed by atoms with van der Waals surface area (Å²) in [6.45, 7) is 18.1. The first-order chi connectivity index (χ1) is 55.1. The van der Waals surface area contributed by atoms with E-state index in [0.29, 0.717) is 75.1 Å². The number of rotatable bonds is 23. The summed E-state index contributed by atoms with van der Waals surface area (Å²) < 4.78 is 83.5. The van der Waals surface area contributed by atoms with Crippen LogP contribution in [0, 0.1) is 13.8 Å². The largest absolute Gasteiger partial charge is 0.489 e. The van der Waals surface area contributed by atoms with Crippen molar-refractivity contribution in [3.63, 3.8) is 0 Å². The molecule has 3 aliphatic heterocycles. The lowest BCUT2D eigenvalue weighted by molar-refractivity contribution is 0.0655. The average molecular weight is 1690 g/mol. The molecular formula is C82H89Cl3N18O10S3. The van der Waals surface area contributed by atoms with Gasteiger partial charge in [0.15, 0.2) is 47.0 Å². The highest BCUT2D eigenvalue weighted by molar-refractivity contribution is 7.92. The van der Waals surface area contributed by atoms with Crippen LogP contribution in [0.3, 0.4) is 0 Å². The molecule has 0 radical (unpaired) electrons. The number of hydrogen-bond donors (Lipinski definition) is 8. The number of ether oxygens (including phenoxy) is 1. The van der Waals surface area contributed by atoms with Crippen molar-refractivity contribution >= 4 is 173 Å². The van der Waals surface area contributed by atoms with Gasteiger partial charge in [0.1, 0.15) is 32.2 Å². The van der Waals surface area contributed by atoms with Gasteiger partial charge in [-0.3, -0.25) is 19.3 Å². The summed E-state index contributed by atoms with van der Waals surface area (Å²) in [6.07, 6.45) is 9.91. The van der Waals surface area contributed by atoms with Crippen molar-refractivity contribution < 1.29 is 44.4 Å². The molecule has 3 atom stereocenters. The molecule has 1 unspecified atom stereocenters. The summed E-state index contributed by atoms with van der Waals surface area (Å²) in [7, 11) is -6.93. The Morgan fingerprint density at radius 2 is 0.922 bits per heavy atom. The number of aromatic nitrogens is 8. The van der Waals surface area contributed by atoms with Gasteiger partial charge in [-0.15, -0.1) is 0 Å². The van der Waals surface area contributed by atoms with Crippen LogP contribution < -0.4 is 47.7 Å². The molecule has 8 heterocycles. The molecule has 606 valence electrons. The van der Waals surface area contributed by atoms with Gasteiger partial charge in [0.2, 0.25) is 17.8 Å². The van der Waals surface area contributed by atoms with Gasteiger partial charge in [0.25, 0.3) is 17.7 Å². The second-order valence-corrected chi connectivity index (χ2v) is 38.0. The van der Waals surface area contributed by atoms with Crippen LogP contribution in [-0.4, -0.2) is 147 Å². The van der Waals surface area contributed by atoms with Crippen LogP contribution in [0.2, 0.25) is 15.1 Å². The van der Waals surface area contributed by atoms with Crippen LogP contribution in [0.4, 0.5) is 69.4 Å². The molecule has 2 fully saturated rings. The monoisotopic (exact) mass is 1690 g/mol. The quantitative estimate of drug-likeness (QED) is 0.0295. The number of primary amides is 1. The summed E-state index contributed by atoms with van der Waals surface area (Å²) in [5, 5.41) is 21.6. The third-order valence-corrected chi connectivity index (χ3v) is 27.4. The van der Waals surface area contributed by atoms with Crippen molar-refractivity contribution in [2.75, 3.05) is 46.0 Å². The molecule has 2 bridgehead atoms. The van der Waals surface area contributed by atoms with Crippen LogP contribution in [0.25, 0.3) is 21.8 Å². The molecule has 116 heavy (non-hydrogen) atoms. The smallest absolute Gasteiger partial charge is 0.269 e. The molecule has 5 aromatic heterocycles. The lowest BCUT2D eigenvalue weighted by Gasteiger charge is -2.31. The topological polar surface area (TPSA) is 383 Å². The second-order valence-electron chi connectivity index (χ2n) is 29.4. The predicted octanol–water partition coefficient (Wildman–Crippen LogP) is 16.3. The minimum atomic E-state index is -3.57. The van der Waals surface area contributed by atoms with Crippen LogP contribution >= 0.6 is 34.8 Å². The third-order valence-electron chi connectivity index (χ3n) is 20.0. The Hall–Kier alpha value is -10.9. The second kappa shape index (κ2) is 35.3. The number of carbonyl (C=O) groups is 3. The van der Waals surface area contributed by atoms with E-state index in [-0.39, 0.29) is 100 Å². The highest BCUT2D eigenvalue weighted by Gasteiger charge is 2.46. The number of halogens is 3. The first-order valence-corrected chi connectivity index (χ1v) is 43.3. The molecule has 3 amide bonds. The van der Waals surface area contributed by atoms with Gasteiger partial charge < -0.3 is 52.6 Å². The Bertz CT molecular complexity index is 5990. The number of anilines is 12. The first-order valence-electron chi connectivity index (χ1n) is 37.5. The average Bonchev–Trinajstić information content (AvgIpc) is 1.58. The molecule has 0 saturated carbocycles. The van der Waals surface area contributed by atoms with E-state index in [1.165, 1.54) is 63.1 Å². The summed E-state index contributed by atoms with van der Waals surface area (Å²) >= 11 is 19.1. The minimum Gasteiger partial charge on any atom is -0.489 e. The highest BCUT2D eigenvalue weighted by Crippen LogP contribution is 2.43. The van der Waals surface area contributed by atoms with E-state index in [9.17, 15) is 39.6 Å². The van der Waals surface area contributed by atoms with Crippen LogP contribution in [0.5, 0.6) is 5.75 Å². The van der Waals surface area contributed by atoms with Crippen molar-refractivity contribution in [1.29, 1.82) is 0 Å². The fraction of sp³-hybridized carbons (Fsp3) is 0.305. The fourth-order valence-corrected chi connectivity index (χ4v) is 17.8. The molecule has 9 N–H and O–H groups in total. The van der Waals surface area contributed by atoms with Crippen molar-refractivity contribution in [2.24, 2.45) is 5.73 Å². The summed E-state index contributed by atoms with van der Waals surface area (Å²) in [5.41, 5.74) is 13.3. The predicted molar refractivity (Wildman–Crippen MR) is 456 cm³/mol. The molecule has 3 aliphatic rings. The minimum absolute atomic E-state index is 0.0381. The van der Waals surface area contributed by atoms with E-state index in [2.05, 4.69) is 93.9 Å². The Labute approximate surface area is 688 Å². The maximum absolute atomic E-state index is 13.9. The van der Waals surface area contributed by atoms with Crippen LogP contribution in [-0.2, 0) is 36.1 Å². The number of pyridine rings is 2. The standard InChI is InChI=1S/C33H41ClN6O4S.C25H25ClN6O3S.C24H23ClN6O3S/c1-19(2)44-29-14-21-18-40(28-15-22-10-6-8-12-27(28)39(22)5)32(41)23(21)16-26(29)37-33-35-17-24(34)31(38-33)36-25-11-7-9-13-30(25)45(42,43)20(3)4;1-14(2)36(34,35)22-8-6-5-7-19(22)30-23-17(26)13-28-25(32-23)31-20-12-21(24(33)27-4)29-18-10-9-15(3)11-16(18)20;1-13(2)35(33,34)21-7-5-4-6-18(21)29-23-16(25)12-27-24(31-23)30-19-11-20(22(26)32)28-17-9-8-14(3)10-15(17)19/h7,9,11,13-14,16-17,19-20,22,27-28H,6,8,10,12,15,18H2,1-5H3,(H2,35,36,37,38);5-14H,1-4H3,(H,27,33)(H2,28,29,30,31,32);4-13H,1-3H3,(H2,26,32)(H2,27,28,29,30,31)/t22?,27-,28+;;/m0../s1. The molecule has 6 aromatic carbocycles. The van der Waals surface area contributed by atoms with Gasteiger partial charge in [-0.2, -0.15) is 15.0 Å². The molecule has 34 heteroatoms. The van der Waals surface area contributed by atoms with Gasteiger partial charge in [-0.05, 0) is 186 Å². The fourth-order valence-electron chi connectivity index (χ4n) is 13.8. The molecule has 0 aliphatic carbocycles. The van der Waals surface area contributed by atoms with Crippen molar-refractivity contribution in [3.05, 3.63) is 201 Å². The first kappa shape index (κ1) is 84.5. The number of likely N-dealkylation sites (N-methyl/N-ethyl adjacent to an activating group) is 1. The summed E-state index contributed by atoms with van der Waals surface area (Å²) in [6, 6.07) is 39.1. The van der Waals surface area contributed by atoms with Gasteiger partial charge >= 0.3 is 0 Å². The number of sulfone groups is 3. The number of para-hydroxylation sites is 3. The van der Waals surface area contributed by atoms with E-state index in [1.54, 1.807) is 114 Å². The number of nitrogens with zero attached hydrogens (tertiary/aromatic N) is 10. The number of fused-ring (bicyclic) bond motifs is 5. The Morgan fingerprint density at radius 3 is 1.34 bits per heavy atom. The Balaban J connectivity index is 0.000000162. The Morgan fingerprint density at radius 1 is 0.509 bits per heavy atom. The summed E-state index contributed by atoms with van der Waals surface area (Å²) in [5.74, 6) is 0.887. The number of nitrogens with one attached hydrogen (secondary N) is 7. The number of hydrogen-bond acceptors (Lipinski definition) is 25. The number of benzene rings is 6. The zero-order valence-corrected chi connectivity index (χ0v) is 70.4. The Kier molecular flexibility index (Phi) is 25.7. The lowest BCUT2D eigenvalue weighted by Crippen LogP contribution is -2.44. The van der Waals surface area contributed by atoms with E-state index >= 15 is 0 Å². The number of carbonyl (C=O) groups excluding carboxylic acids is 3. The lowest BCUT2D eigenvalue weighted by atomic mass is 9.95. The van der Waals surface area contributed by atoms with E-state index in [4.69, 9.17) is 45.3 Å². The maximum Gasteiger partial charge on any atom is 0.269 e. The molecular weight excluding hydrogens is 1600 g/mol. The zero-order valence-electron chi connectivity index (χ0n) is 65.7. The molecule has 2 saturated heterocycles. The van der Waals surface area contributed by atoms with Gasteiger partial charge in [-0.1, -0.05) is 107 Å². The highest BCUT2D eigenvalue weighted by atomic mass is 35.5. The zero-order chi connectivity index (χ0) is 83.4. The van der Waals surface area contributed by atoms with E-state index < -0.39 is 51.2 Å². The maximum atomic E-state index is 13.9. The van der Waals surface area contributed by atoms with Crippen molar-refractivity contribution in [2.45, 2.75) is 163 Å². The molecule has 0 spiro atoms. The van der Waals surface area contributed by atoms with Crippen molar-refractivity contribution in [1.82, 2.24) is 55.0 Å². The third kappa shape index (κ3) is 18.6. The molecule has 28 nitrogen and oxygen atoms in total. The van der Waals surface area contributed by atoms with Gasteiger partial charge in [-0.25, -0.2) is 50.2 Å². The summed E-state index contributed by atoms with van der Waals surface area (Å²) in [4.78, 5) is 78.1. The number of aryl methyl sites for hydroxylation is 2. The van der Waals surface area contributed by atoms with Crippen LogP contribution in [0.15, 0.2) is 167 Å². The van der Waals surface area contributed by atoms with Gasteiger partial charge in [0, 0.05) is 48.1 Å². The van der Waals surface area contributed by atoms with Crippen molar-refractivity contribution in [3.8, 4) is 5.75 Å². The number of amides is 3.